The number of carbonyl (C=O) groups excluding carboxylic acids is 1. The minimum Gasteiger partial charge on any atom is -0.357 e. The van der Waals surface area contributed by atoms with Crippen molar-refractivity contribution in [1.29, 1.82) is 0 Å². The highest BCUT2D eigenvalue weighted by atomic mass is 127. The van der Waals surface area contributed by atoms with Crippen LogP contribution in [0.2, 0.25) is 0 Å². The molecule has 0 bridgehead atoms. The van der Waals surface area contributed by atoms with Gasteiger partial charge in [-0.3, -0.25) is 4.79 Å². The van der Waals surface area contributed by atoms with Crippen LogP contribution in [0.15, 0.2) is 41.5 Å². The number of guanidine groups is 1. The van der Waals surface area contributed by atoms with E-state index in [0.717, 1.165) is 18.3 Å². The summed E-state index contributed by atoms with van der Waals surface area (Å²) in [5.41, 5.74) is 1.88. The number of imidazole rings is 1. The fourth-order valence-corrected chi connectivity index (χ4v) is 2.60. The van der Waals surface area contributed by atoms with Crippen LogP contribution in [0.3, 0.4) is 0 Å². The first-order chi connectivity index (χ1) is 13.7. The van der Waals surface area contributed by atoms with Gasteiger partial charge in [-0.2, -0.15) is 13.2 Å². The summed E-state index contributed by atoms with van der Waals surface area (Å²) in [6, 6.07) is 9.74. The molecule has 2 N–H and O–H groups in total. The largest absolute Gasteiger partial charge is 0.406 e. The van der Waals surface area contributed by atoms with Gasteiger partial charge >= 0.3 is 6.18 Å². The van der Waals surface area contributed by atoms with E-state index in [2.05, 4.69) is 20.3 Å². The van der Waals surface area contributed by atoms with Gasteiger partial charge in [0, 0.05) is 20.6 Å². The first-order valence-corrected chi connectivity index (χ1v) is 9.09. The summed E-state index contributed by atoms with van der Waals surface area (Å²) in [5, 5.41) is 3.02. The number of likely N-dealkylation sites (N-methyl/N-ethyl adjacent to an activating group) is 1. The topological polar surface area (TPSA) is 76.6 Å². The molecule has 2 aromatic rings. The van der Waals surface area contributed by atoms with Gasteiger partial charge in [0.2, 0.25) is 5.91 Å². The molecule has 0 radical (unpaired) electrons. The Bertz CT molecular complexity index is 825. The van der Waals surface area contributed by atoms with Crippen molar-refractivity contribution in [1.82, 2.24) is 25.1 Å². The first-order valence-electron chi connectivity index (χ1n) is 9.09. The second-order valence-electron chi connectivity index (χ2n) is 6.50. The van der Waals surface area contributed by atoms with Gasteiger partial charge in [0.25, 0.3) is 0 Å². The molecule has 0 aliphatic rings. The van der Waals surface area contributed by atoms with Crippen LogP contribution < -0.4 is 5.32 Å². The maximum Gasteiger partial charge on any atom is 0.406 e. The van der Waals surface area contributed by atoms with E-state index < -0.39 is 18.6 Å². The van der Waals surface area contributed by atoms with Crippen molar-refractivity contribution in [2.75, 3.05) is 33.7 Å². The Morgan fingerprint density at radius 2 is 1.87 bits per heavy atom. The Hall–Kier alpha value is -2.31. The molecule has 1 heterocycles. The van der Waals surface area contributed by atoms with Gasteiger partial charge in [0.15, 0.2) is 5.96 Å². The van der Waals surface area contributed by atoms with Crippen molar-refractivity contribution >= 4 is 35.8 Å². The lowest BCUT2D eigenvalue weighted by Crippen LogP contribution is -2.41. The van der Waals surface area contributed by atoms with Crippen LogP contribution in [0.4, 0.5) is 13.2 Å². The molecule has 1 aromatic heterocycles. The summed E-state index contributed by atoms with van der Waals surface area (Å²) in [7, 11) is 2.87. The van der Waals surface area contributed by atoms with Gasteiger partial charge in [-0.15, -0.1) is 24.0 Å². The molecule has 0 aliphatic heterocycles. The Balaban J connectivity index is 0.00000450. The van der Waals surface area contributed by atoms with Gasteiger partial charge in [0.1, 0.15) is 18.9 Å². The number of nitrogens with one attached hydrogen (secondary N) is 2. The number of amides is 1. The van der Waals surface area contributed by atoms with Crippen LogP contribution >= 0.6 is 24.0 Å². The van der Waals surface area contributed by atoms with Crippen molar-refractivity contribution in [2.24, 2.45) is 4.99 Å². The fraction of sp³-hybridized carbons (Fsp3) is 0.421. The third kappa shape index (κ3) is 8.20. The van der Waals surface area contributed by atoms with Crippen LogP contribution in [0, 0.1) is 0 Å². The van der Waals surface area contributed by atoms with Crippen LogP contribution in [-0.2, 0) is 11.3 Å². The van der Waals surface area contributed by atoms with Crippen molar-refractivity contribution in [3.63, 3.8) is 0 Å². The van der Waals surface area contributed by atoms with Crippen molar-refractivity contribution < 1.29 is 18.0 Å². The van der Waals surface area contributed by atoms with Gasteiger partial charge in [-0.25, -0.2) is 9.98 Å². The zero-order valence-corrected chi connectivity index (χ0v) is 19.4. The highest BCUT2D eigenvalue weighted by molar-refractivity contribution is 14.0. The van der Waals surface area contributed by atoms with E-state index in [9.17, 15) is 18.0 Å². The summed E-state index contributed by atoms with van der Waals surface area (Å²) in [6.45, 7) is 1.10. The molecule has 1 aromatic carbocycles. The summed E-state index contributed by atoms with van der Waals surface area (Å²) in [6.07, 6.45) is -2.71. The van der Waals surface area contributed by atoms with Gasteiger partial charge in [-0.05, 0) is 12.5 Å². The number of rotatable bonds is 7. The summed E-state index contributed by atoms with van der Waals surface area (Å²) >= 11 is 0. The highest BCUT2D eigenvalue weighted by Gasteiger charge is 2.31. The second kappa shape index (κ2) is 11.8. The Morgan fingerprint density at radius 1 is 1.20 bits per heavy atom. The van der Waals surface area contributed by atoms with E-state index >= 15 is 0 Å². The minimum atomic E-state index is -4.44. The maximum atomic E-state index is 12.4. The van der Waals surface area contributed by atoms with Crippen LogP contribution in [0.25, 0.3) is 11.3 Å². The van der Waals surface area contributed by atoms with Crippen LogP contribution in [0.5, 0.6) is 0 Å². The average molecular weight is 538 g/mol. The predicted molar refractivity (Wildman–Crippen MR) is 121 cm³/mol. The van der Waals surface area contributed by atoms with E-state index in [4.69, 9.17) is 0 Å². The lowest BCUT2D eigenvalue weighted by atomic mass is 10.2. The van der Waals surface area contributed by atoms with E-state index in [0.29, 0.717) is 29.8 Å². The van der Waals surface area contributed by atoms with Crippen molar-refractivity contribution in [3.8, 4) is 11.3 Å². The number of aromatic amines is 1. The number of nitrogens with zero attached hydrogens (tertiary/aromatic N) is 4. The summed E-state index contributed by atoms with van der Waals surface area (Å²) in [4.78, 5) is 26.0. The average Bonchev–Trinajstić information content (AvgIpc) is 3.12. The second-order valence-corrected chi connectivity index (χ2v) is 6.50. The molecule has 11 heteroatoms. The number of hydrogen-bond acceptors (Lipinski definition) is 3. The molecule has 166 valence electrons. The number of aliphatic imine (C=N–C) groups is 1. The smallest absolute Gasteiger partial charge is 0.357 e. The number of benzene rings is 1. The molecule has 7 nitrogen and oxygen atoms in total. The van der Waals surface area contributed by atoms with Gasteiger partial charge < -0.3 is 20.1 Å². The minimum absolute atomic E-state index is 0. The first kappa shape index (κ1) is 25.7. The third-order valence-corrected chi connectivity index (χ3v) is 4.00. The van der Waals surface area contributed by atoms with Gasteiger partial charge in [0.05, 0.1) is 18.4 Å². The number of H-pyrrole nitrogens is 1. The molecule has 2 rings (SSSR count). The molecular formula is C19H26F3IN6O. The monoisotopic (exact) mass is 538 g/mol. The Morgan fingerprint density at radius 3 is 2.47 bits per heavy atom. The van der Waals surface area contributed by atoms with Crippen LogP contribution in [-0.4, -0.2) is 71.5 Å². The fourth-order valence-electron chi connectivity index (χ4n) is 2.60. The third-order valence-electron chi connectivity index (χ3n) is 4.00. The standard InChI is InChI=1S/C19H25F3N6O.HI/c1-4-23-18(25-11-17(29)28(3)13-19(20,21)22)27(2)12-16-24-10-15(26-16)14-8-6-5-7-9-14;/h5-10H,4,11-13H2,1-3H3,(H,23,25)(H,24,26);1H. The zero-order valence-electron chi connectivity index (χ0n) is 17.0. The molecule has 0 saturated carbocycles. The van der Waals surface area contributed by atoms with E-state index in [1.54, 1.807) is 18.1 Å². The van der Waals surface area contributed by atoms with Crippen molar-refractivity contribution in [2.45, 2.75) is 19.6 Å². The lowest BCUT2D eigenvalue weighted by Gasteiger charge is -2.22. The van der Waals surface area contributed by atoms with E-state index in [-0.39, 0.29) is 30.5 Å². The van der Waals surface area contributed by atoms with E-state index in [1.165, 1.54) is 0 Å². The number of hydrogen-bond donors (Lipinski definition) is 2. The molecule has 30 heavy (non-hydrogen) atoms. The van der Waals surface area contributed by atoms with E-state index in [1.807, 2.05) is 37.3 Å². The summed E-state index contributed by atoms with van der Waals surface area (Å²) < 4.78 is 37.3. The molecule has 0 spiro atoms. The lowest BCUT2D eigenvalue weighted by molar-refractivity contribution is -0.157. The number of alkyl halides is 3. The summed E-state index contributed by atoms with van der Waals surface area (Å²) in [5.74, 6) is 0.381. The van der Waals surface area contributed by atoms with Crippen LogP contribution in [0.1, 0.15) is 12.7 Å². The maximum absolute atomic E-state index is 12.4. The number of aromatic nitrogens is 2. The number of carbonyl (C=O) groups is 1. The SMILES string of the molecule is CCNC(=NCC(=O)N(C)CC(F)(F)F)N(C)Cc1ncc(-c2ccccc2)[nH]1.I. The molecule has 1 amide bonds. The predicted octanol–water partition coefficient (Wildman–Crippen LogP) is 3.11. The molecule has 0 aliphatic carbocycles. The molecule has 0 unspecified atom stereocenters. The molecule has 0 fully saturated rings. The molecule has 0 saturated heterocycles. The quantitative estimate of drug-likeness (QED) is 0.323. The number of halogens is 4. The van der Waals surface area contributed by atoms with Crippen molar-refractivity contribution in [3.05, 3.63) is 42.4 Å². The Labute approximate surface area is 190 Å². The van der Waals surface area contributed by atoms with Gasteiger partial charge in [-0.1, -0.05) is 30.3 Å². The Kier molecular flexibility index (Phi) is 10.1. The highest BCUT2D eigenvalue weighted by Crippen LogP contribution is 2.17. The molecule has 0 atom stereocenters. The zero-order chi connectivity index (χ0) is 21.4. The normalized spacial score (nSPS) is 11.6. The molecular weight excluding hydrogens is 512 g/mol.